The van der Waals surface area contributed by atoms with Crippen molar-refractivity contribution in [1.29, 1.82) is 0 Å². The van der Waals surface area contributed by atoms with Crippen LogP contribution in [0.4, 0.5) is 20.3 Å². The van der Waals surface area contributed by atoms with Crippen molar-refractivity contribution in [3.8, 4) is 11.4 Å². The van der Waals surface area contributed by atoms with Gasteiger partial charge in [-0.15, -0.1) is 0 Å². The Morgan fingerprint density at radius 3 is 2.57 bits per heavy atom. The molecule has 0 radical (unpaired) electrons. The van der Waals surface area contributed by atoms with E-state index in [1.54, 1.807) is 24.3 Å². The summed E-state index contributed by atoms with van der Waals surface area (Å²) in [5.74, 6) is -0.288. The zero-order chi connectivity index (χ0) is 16.4. The minimum Gasteiger partial charge on any atom is -0.338 e. The average molecular weight is 397 g/mol. The Balaban J connectivity index is 1.97. The number of hydrogen-bond acceptors (Lipinski definition) is 3. The van der Waals surface area contributed by atoms with Gasteiger partial charge in [0.15, 0.2) is 5.82 Å². The van der Waals surface area contributed by atoms with Crippen molar-refractivity contribution in [2.75, 3.05) is 5.32 Å². The maximum Gasteiger partial charge on any atom is 0.163 e. The fourth-order valence-corrected chi connectivity index (χ4v) is 2.48. The van der Waals surface area contributed by atoms with Crippen molar-refractivity contribution >= 4 is 39.0 Å². The molecule has 2 aromatic carbocycles. The lowest BCUT2D eigenvalue weighted by molar-refractivity contribution is 0.628. The molecular formula is C16H9BrClF2N3. The zero-order valence-corrected chi connectivity index (χ0v) is 13.9. The summed E-state index contributed by atoms with van der Waals surface area (Å²) in [6, 6.07) is 11.9. The molecule has 0 fully saturated rings. The highest BCUT2D eigenvalue weighted by molar-refractivity contribution is 9.10. The van der Waals surface area contributed by atoms with Crippen LogP contribution >= 0.6 is 27.5 Å². The van der Waals surface area contributed by atoms with Crippen molar-refractivity contribution in [3.05, 3.63) is 69.8 Å². The van der Waals surface area contributed by atoms with E-state index >= 15 is 0 Å². The van der Waals surface area contributed by atoms with Gasteiger partial charge in [0.05, 0.1) is 5.69 Å². The molecule has 0 atom stereocenters. The Labute approximate surface area is 144 Å². The predicted molar refractivity (Wildman–Crippen MR) is 89.8 cm³/mol. The van der Waals surface area contributed by atoms with Crippen LogP contribution in [0.15, 0.2) is 53.0 Å². The van der Waals surface area contributed by atoms with E-state index in [4.69, 9.17) is 11.6 Å². The minimum atomic E-state index is -0.443. The van der Waals surface area contributed by atoms with Gasteiger partial charge >= 0.3 is 0 Å². The Bertz CT molecular complexity index is 874. The highest BCUT2D eigenvalue weighted by atomic mass is 79.9. The number of benzene rings is 2. The van der Waals surface area contributed by atoms with E-state index in [0.29, 0.717) is 15.9 Å². The Morgan fingerprint density at radius 1 is 1.00 bits per heavy atom. The van der Waals surface area contributed by atoms with Gasteiger partial charge in [-0.1, -0.05) is 39.7 Å². The number of nitrogens with zero attached hydrogens (tertiary/aromatic N) is 2. The van der Waals surface area contributed by atoms with Crippen LogP contribution in [0, 0.1) is 11.6 Å². The fraction of sp³-hybridized carbons (Fsp3) is 0. The third-order valence-corrected chi connectivity index (χ3v) is 3.66. The summed E-state index contributed by atoms with van der Waals surface area (Å²) in [5.41, 5.74) is 0.722. The first-order valence-electron chi connectivity index (χ1n) is 6.54. The summed E-state index contributed by atoms with van der Waals surface area (Å²) in [6.07, 6.45) is 0. The molecule has 0 aliphatic carbocycles. The quantitative estimate of drug-likeness (QED) is 0.587. The maximum absolute atomic E-state index is 13.9. The standard InChI is InChI=1S/C16H9BrClF2N3/c17-10-4-5-13(12(20)7-10)21-15-8-14(18)22-16(23-15)9-2-1-3-11(19)6-9/h1-8H,(H,21,22,23). The second-order valence-electron chi connectivity index (χ2n) is 4.66. The first-order valence-corrected chi connectivity index (χ1v) is 7.71. The normalized spacial score (nSPS) is 10.6. The van der Waals surface area contributed by atoms with Crippen molar-refractivity contribution in [1.82, 2.24) is 9.97 Å². The molecule has 0 spiro atoms. The Morgan fingerprint density at radius 2 is 1.83 bits per heavy atom. The lowest BCUT2D eigenvalue weighted by Crippen LogP contribution is -1.99. The van der Waals surface area contributed by atoms with E-state index in [2.05, 4.69) is 31.2 Å². The summed E-state index contributed by atoms with van der Waals surface area (Å²) in [6.45, 7) is 0. The van der Waals surface area contributed by atoms with Gasteiger partial charge < -0.3 is 5.32 Å². The van der Waals surface area contributed by atoms with Crippen molar-refractivity contribution in [2.45, 2.75) is 0 Å². The molecule has 116 valence electrons. The summed E-state index contributed by atoms with van der Waals surface area (Å²) in [4.78, 5) is 8.32. The summed E-state index contributed by atoms with van der Waals surface area (Å²) in [5, 5.41) is 3.01. The molecule has 0 aliphatic heterocycles. The summed E-state index contributed by atoms with van der Waals surface area (Å²) in [7, 11) is 0. The van der Waals surface area contributed by atoms with Crippen molar-refractivity contribution in [3.63, 3.8) is 0 Å². The average Bonchev–Trinajstić information content (AvgIpc) is 2.50. The minimum absolute atomic E-state index is 0.166. The van der Waals surface area contributed by atoms with Crippen LogP contribution in [-0.2, 0) is 0 Å². The van der Waals surface area contributed by atoms with Gasteiger partial charge in [-0.3, -0.25) is 0 Å². The Kier molecular flexibility index (Phi) is 4.54. The van der Waals surface area contributed by atoms with E-state index in [9.17, 15) is 8.78 Å². The molecule has 3 aromatic rings. The van der Waals surface area contributed by atoms with Crippen molar-refractivity contribution in [2.24, 2.45) is 0 Å². The van der Waals surface area contributed by atoms with Gasteiger partial charge in [-0.25, -0.2) is 18.7 Å². The highest BCUT2D eigenvalue weighted by Crippen LogP contribution is 2.25. The molecule has 0 unspecified atom stereocenters. The van der Waals surface area contributed by atoms with E-state index in [-0.39, 0.29) is 16.7 Å². The van der Waals surface area contributed by atoms with Crippen LogP contribution in [0.3, 0.4) is 0 Å². The first kappa shape index (κ1) is 15.8. The number of hydrogen-bond donors (Lipinski definition) is 1. The van der Waals surface area contributed by atoms with E-state index < -0.39 is 11.6 Å². The molecule has 1 N–H and O–H groups in total. The van der Waals surface area contributed by atoms with Crippen molar-refractivity contribution < 1.29 is 8.78 Å². The third-order valence-electron chi connectivity index (χ3n) is 2.97. The SMILES string of the molecule is Fc1cccc(-c2nc(Cl)cc(Nc3ccc(Br)cc3F)n2)c1. The molecule has 0 amide bonds. The monoisotopic (exact) mass is 395 g/mol. The molecule has 3 rings (SSSR count). The molecule has 3 nitrogen and oxygen atoms in total. The maximum atomic E-state index is 13.9. The first-order chi connectivity index (χ1) is 11.0. The molecule has 0 bridgehead atoms. The lowest BCUT2D eigenvalue weighted by Gasteiger charge is -2.09. The molecule has 0 saturated carbocycles. The van der Waals surface area contributed by atoms with Crippen LogP contribution < -0.4 is 5.32 Å². The van der Waals surface area contributed by atoms with Gasteiger partial charge in [-0.05, 0) is 30.3 Å². The third kappa shape index (κ3) is 3.83. The van der Waals surface area contributed by atoms with Crippen LogP contribution in [0.25, 0.3) is 11.4 Å². The van der Waals surface area contributed by atoms with E-state index in [0.717, 1.165) is 0 Å². The smallest absolute Gasteiger partial charge is 0.163 e. The van der Waals surface area contributed by atoms with Gasteiger partial charge in [0.25, 0.3) is 0 Å². The van der Waals surface area contributed by atoms with Crippen LogP contribution in [0.2, 0.25) is 5.15 Å². The fourth-order valence-electron chi connectivity index (χ4n) is 1.97. The summed E-state index contributed by atoms with van der Waals surface area (Å²) < 4.78 is 27.9. The van der Waals surface area contributed by atoms with Crippen LogP contribution in [-0.4, -0.2) is 9.97 Å². The predicted octanol–water partition coefficient (Wildman–Crippen LogP) is 5.58. The molecular weight excluding hydrogens is 388 g/mol. The van der Waals surface area contributed by atoms with Gasteiger partial charge in [-0.2, -0.15) is 0 Å². The van der Waals surface area contributed by atoms with Crippen LogP contribution in [0.5, 0.6) is 0 Å². The highest BCUT2D eigenvalue weighted by Gasteiger charge is 2.09. The zero-order valence-electron chi connectivity index (χ0n) is 11.5. The second-order valence-corrected chi connectivity index (χ2v) is 5.96. The number of nitrogens with one attached hydrogen (secondary N) is 1. The van der Waals surface area contributed by atoms with Gasteiger partial charge in [0.1, 0.15) is 22.6 Å². The number of halogens is 4. The topological polar surface area (TPSA) is 37.8 Å². The number of anilines is 2. The number of rotatable bonds is 3. The Hall–Kier alpha value is -2.05. The molecule has 0 aliphatic rings. The van der Waals surface area contributed by atoms with E-state index in [1.165, 1.54) is 24.3 Å². The van der Waals surface area contributed by atoms with Crippen LogP contribution in [0.1, 0.15) is 0 Å². The summed E-state index contributed by atoms with van der Waals surface area (Å²) >= 11 is 9.18. The number of aromatic nitrogens is 2. The largest absolute Gasteiger partial charge is 0.338 e. The van der Waals surface area contributed by atoms with Gasteiger partial charge in [0.2, 0.25) is 0 Å². The molecule has 1 aromatic heterocycles. The second kappa shape index (κ2) is 6.60. The lowest BCUT2D eigenvalue weighted by atomic mass is 10.2. The van der Waals surface area contributed by atoms with E-state index in [1.807, 2.05) is 0 Å². The molecule has 0 saturated heterocycles. The van der Waals surface area contributed by atoms with Gasteiger partial charge in [0, 0.05) is 16.1 Å². The molecule has 7 heteroatoms. The molecule has 23 heavy (non-hydrogen) atoms. The molecule has 1 heterocycles.